The maximum Gasteiger partial charge on any atom is 0.271 e. The second-order valence-corrected chi connectivity index (χ2v) is 5.41. The monoisotopic (exact) mass is 340 g/mol. The summed E-state index contributed by atoms with van der Waals surface area (Å²) in [4.78, 5) is 11.9. The number of hydrogen-bond acceptors (Lipinski definition) is 4. The number of benzene rings is 2. The molecule has 0 radical (unpaired) electrons. The lowest BCUT2D eigenvalue weighted by molar-refractivity contribution is 0.0955. The van der Waals surface area contributed by atoms with Crippen molar-refractivity contribution in [2.75, 3.05) is 13.2 Å². The van der Waals surface area contributed by atoms with Crippen LogP contribution in [0.3, 0.4) is 0 Å². The summed E-state index contributed by atoms with van der Waals surface area (Å²) >= 11 is 0. The summed E-state index contributed by atoms with van der Waals surface area (Å²) in [6, 6.07) is 14.5. The highest BCUT2D eigenvalue weighted by molar-refractivity contribution is 5.94. The number of rotatable bonds is 9. The van der Waals surface area contributed by atoms with Gasteiger partial charge in [0.2, 0.25) is 0 Å². The van der Waals surface area contributed by atoms with E-state index in [1.807, 2.05) is 43.3 Å². The quantitative estimate of drug-likeness (QED) is 0.426. The molecule has 5 nitrogen and oxygen atoms in total. The first-order valence-corrected chi connectivity index (χ1v) is 8.52. The SMILES string of the molecule is CCCCOc1ccc(/C=N\NC(=O)c2ccccc2)cc1OCC. The van der Waals surface area contributed by atoms with Crippen LogP contribution in [0, 0.1) is 0 Å². The van der Waals surface area contributed by atoms with Crippen molar-refractivity contribution in [1.29, 1.82) is 0 Å². The Hall–Kier alpha value is -2.82. The summed E-state index contributed by atoms with van der Waals surface area (Å²) in [5.41, 5.74) is 3.90. The van der Waals surface area contributed by atoms with Gasteiger partial charge in [-0.05, 0) is 49.2 Å². The van der Waals surface area contributed by atoms with Gasteiger partial charge >= 0.3 is 0 Å². The molecular weight excluding hydrogens is 316 g/mol. The van der Waals surface area contributed by atoms with E-state index in [1.165, 1.54) is 0 Å². The topological polar surface area (TPSA) is 59.9 Å². The summed E-state index contributed by atoms with van der Waals surface area (Å²) < 4.78 is 11.4. The molecule has 2 rings (SSSR count). The average molecular weight is 340 g/mol. The lowest BCUT2D eigenvalue weighted by Crippen LogP contribution is -2.17. The van der Waals surface area contributed by atoms with E-state index in [-0.39, 0.29) is 5.91 Å². The van der Waals surface area contributed by atoms with E-state index in [0.717, 1.165) is 24.2 Å². The highest BCUT2D eigenvalue weighted by Gasteiger charge is 2.06. The van der Waals surface area contributed by atoms with E-state index in [0.29, 0.717) is 24.5 Å². The minimum Gasteiger partial charge on any atom is -0.490 e. The first-order valence-electron chi connectivity index (χ1n) is 8.52. The summed E-state index contributed by atoms with van der Waals surface area (Å²) in [6.07, 6.45) is 3.66. The van der Waals surface area contributed by atoms with E-state index in [1.54, 1.807) is 18.3 Å². The molecular formula is C20H24N2O3. The molecule has 0 saturated heterocycles. The first-order chi connectivity index (χ1) is 12.2. The van der Waals surface area contributed by atoms with Gasteiger partial charge in [-0.2, -0.15) is 5.10 Å². The molecule has 0 saturated carbocycles. The van der Waals surface area contributed by atoms with Gasteiger partial charge in [-0.25, -0.2) is 5.43 Å². The largest absolute Gasteiger partial charge is 0.490 e. The molecule has 1 amide bonds. The third-order valence-corrected chi connectivity index (χ3v) is 3.44. The Bertz CT molecular complexity index is 699. The number of ether oxygens (including phenoxy) is 2. The van der Waals surface area contributed by atoms with Crippen LogP contribution in [0.4, 0.5) is 0 Å². The van der Waals surface area contributed by atoms with Crippen molar-refractivity contribution >= 4 is 12.1 Å². The molecule has 1 N–H and O–H groups in total. The second kappa shape index (κ2) is 10.1. The Labute approximate surface area is 148 Å². The number of amides is 1. The van der Waals surface area contributed by atoms with Gasteiger partial charge in [-0.15, -0.1) is 0 Å². The number of hydrogen-bond donors (Lipinski definition) is 1. The third kappa shape index (κ3) is 5.95. The normalized spacial score (nSPS) is 10.6. The average Bonchev–Trinajstić information content (AvgIpc) is 2.64. The van der Waals surface area contributed by atoms with Crippen LogP contribution in [0.1, 0.15) is 42.6 Å². The van der Waals surface area contributed by atoms with Crippen LogP contribution in [0.5, 0.6) is 11.5 Å². The third-order valence-electron chi connectivity index (χ3n) is 3.44. The van der Waals surface area contributed by atoms with Crippen LogP contribution in [-0.2, 0) is 0 Å². The maximum atomic E-state index is 11.9. The molecule has 0 aliphatic carbocycles. The molecule has 0 aromatic heterocycles. The van der Waals surface area contributed by atoms with Gasteiger partial charge in [-0.3, -0.25) is 4.79 Å². The van der Waals surface area contributed by atoms with Gasteiger partial charge in [0.15, 0.2) is 11.5 Å². The Morgan fingerprint density at radius 2 is 1.88 bits per heavy atom. The van der Waals surface area contributed by atoms with Crippen molar-refractivity contribution < 1.29 is 14.3 Å². The number of nitrogens with zero attached hydrogens (tertiary/aromatic N) is 1. The molecule has 0 aliphatic heterocycles. The number of unbranched alkanes of at least 4 members (excludes halogenated alkanes) is 1. The molecule has 5 heteroatoms. The van der Waals surface area contributed by atoms with E-state index < -0.39 is 0 Å². The van der Waals surface area contributed by atoms with Crippen molar-refractivity contribution in [3.63, 3.8) is 0 Å². The number of hydrazone groups is 1. The minimum absolute atomic E-state index is 0.249. The molecule has 2 aromatic rings. The van der Waals surface area contributed by atoms with Crippen LogP contribution in [-0.4, -0.2) is 25.3 Å². The predicted molar refractivity (Wildman–Crippen MR) is 99.5 cm³/mol. The Balaban J connectivity index is 2.01. The van der Waals surface area contributed by atoms with E-state index >= 15 is 0 Å². The summed E-state index contributed by atoms with van der Waals surface area (Å²) in [6.45, 7) is 5.26. The molecule has 2 aromatic carbocycles. The summed E-state index contributed by atoms with van der Waals surface area (Å²) in [7, 11) is 0. The van der Waals surface area contributed by atoms with E-state index in [2.05, 4.69) is 17.5 Å². The van der Waals surface area contributed by atoms with E-state index in [9.17, 15) is 4.79 Å². The molecule has 132 valence electrons. The molecule has 0 heterocycles. The molecule has 0 bridgehead atoms. The van der Waals surface area contributed by atoms with Crippen molar-refractivity contribution in [2.24, 2.45) is 5.10 Å². The smallest absolute Gasteiger partial charge is 0.271 e. The van der Waals surface area contributed by atoms with Gasteiger partial charge < -0.3 is 9.47 Å². The second-order valence-electron chi connectivity index (χ2n) is 5.41. The molecule has 25 heavy (non-hydrogen) atoms. The van der Waals surface area contributed by atoms with Crippen molar-refractivity contribution in [3.8, 4) is 11.5 Å². The van der Waals surface area contributed by atoms with Crippen LogP contribution in [0.25, 0.3) is 0 Å². The molecule has 0 atom stereocenters. The summed E-state index contributed by atoms with van der Waals surface area (Å²) in [5.74, 6) is 1.15. The summed E-state index contributed by atoms with van der Waals surface area (Å²) in [5, 5.41) is 4.00. The van der Waals surface area contributed by atoms with Crippen molar-refractivity contribution in [3.05, 3.63) is 59.7 Å². The fourth-order valence-corrected chi connectivity index (χ4v) is 2.14. The number of nitrogens with one attached hydrogen (secondary N) is 1. The van der Waals surface area contributed by atoms with Crippen LogP contribution in [0.15, 0.2) is 53.6 Å². The van der Waals surface area contributed by atoms with Gasteiger partial charge in [-0.1, -0.05) is 31.5 Å². The van der Waals surface area contributed by atoms with Crippen molar-refractivity contribution in [2.45, 2.75) is 26.7 Å². The van der Waals surface area contributed by atoms with Gasteiger partial charge in [0.1, 0.15) is 0 Å². The zero-order valence-electron chi connectivity index (χ0n) is 14.7. The standard InChI is InChI=1S/C20H24N2O3/c1-3-5-13-25-18-12-11-16(14-19(18)24-4-2)15-21-22-20(23)17-9-7-6-8-10-17/h6-12,14-15H,3-5,13H2,1-2H3,(H,22,23)/b21-15-. The van der Waals surface area contributed by atoms with Crippen molar-refractivity contribution in [1.82, 2.24) is 5.43 Å². The molecule has 0 aliphatic rings. The fourth-order valence-electron chi connectivity index (χ4n) is 2.14. The number of carbonyl (C=O) groups excluding carboxylic acids is 1. The van der Waals surface area contributed by atoms with Gasteiger partial charge in [0.25, 0.3) is 5.91 Å². The highest BCUT2D eigenvalue weighted by Crippen LogP contribution is 2.28. The van der Waals surface area contributed by atoms with Crippen LogP contribution in [0.2, 0.25) is 0 Å². The Kier molecular flexibility index (Phi) is 7.50. The molecule has 0 fully saturated rings. The van der Waals surface area contributed by atoms with Gasteiger partial charge in [0.05, 0.1) is 19.4 Å². The lowest BCUT2D eigenvalue weighted by Gasteiger charge is -2.12. The lowest BCUT2D eigenvalue weighted by atomic mass is 10.2. The Morgan fingerprint density at radius 3 is 2.60 bits per heavy atom. The zero-order valence-corrected chi connectivity index (χ0v) is 14.7. The van der Waals surface area contributed by atoms with Gasteiger partial charge in [0, 0.05) is 5.56 Å². The fraction of sp³-hybridized carbons (Fsp3) is 0.300. The highest BCUT2D eigenvalue weighted by atomic mass is 16.5. The zero-order chi connectivity index (χ0) is 17.9. The Morgan fingerprint density at radius 1 is 1.08 bits per heavy atom. The predicted octanol–water partition coefficient (Wildman–Crippen LogP) is 4.03. The molecule has 0 unspecified atom stereocenters. The molecule has 0 spiro atoms. The number of carbonyl (C=O) groups is 1. The maximum absolute atomic E-state index is 11.9. The van der Waals surface area contributed by atoms with Crippen LogP contribution >= 0.6 is 0 Å². The first kappa shape index (κ1) is 18.5. The van der Waals surface area contributed by atoms with E-state index in [4.69, 9.17) is 9.47 Å². The van der Waals surface area contributed by atoms with Crippen LogP contribution < -0.4 is 14.9 Å². The minimum atomic E-state index is -0.249.